The number of esters is 1. The first kappa shape index (κ1) is 20.5. The van der Waals surface area contributed by atoms with Gasteiger partial charge in [-0.2, -0.15) is 0 Å². The fourth-order valence-electron chi connectivity index (χ4n) is 3.08. The molecule has 29 heavy (non-hydrogen) atoms. The number of anilines is 2. The second-order valence-corrected chi connectivity index (χ2v) is 9.07. The first-order valence-corrected chi connectivity index (χ1v) is 10.3. The Morgan fingerprint density at radius 1 is 1.07 bits per heavy atom. The Morgan fingerprint density at radius 2 is 1.69 bits per heavy atom. The van der Waals surface area contributed by atoms with Crippen molar-refractivity contribution in [1.29, 1.82) is 0 Å². The number of carbonyl (C=O) groups excluding carboxylic acids is 3. The van der Waals surface area contributed by atoms with Crippen LogP contribution in [0.5, 0.6) is 0 Å². The molecular formula is C20H20N2O6S. The van der Waals surface area contributed by atoms with Gasteiger partial charge in [-0.05, 0) is 50.2 Å². The van der Waals surface area contributed by atoms with E-state index in [0.717, 1.165) is 4.31 Å². The zero-order valence-electron chi connectivity index (χ0n) is 16.1. The predicted octanol–water partition coefficient (Wildman–Crippen LogP) is 2.43. The molecule has 0 spiro atoms. The third kappa shape index (κ3) is 3.86. The van der Waals surface area contributed by atoms with Crippen LogP contribution in [0.15, 0.2) is 48.5 Å². The molecule has 0 unspecified atom stereocenters. The molecule has 0 aromatic heterocycles. The van der Waals surface area contributed by atoms with Crippen LogP contribution in [0.2, 0.25) is 0 Å². The lowest BCUT2D eigenvalue weighted by Gasteiger charge is -2.17. The van der Waals surface area contributed by atoms with E-state index in [9.17, 15) is 22.8 Å². The van der Waals surface area contributed by atoms with Gasteiger partial charge in [-0.15, -0.1) is 0 Å². The highest BCUT2D eigenvalue weighted by atomic mass is 32.2. The molecule has 0 atom stereocenters. The molecule has 1 heterocycles. The molecule has 0 bridgehead atoms. The zero-order chi connectivity index (χ0) is 21.4. The number of carbonyl (C=O) groups is 3. The topological polar surface area (TPSA) is 110 Å². The van der Waals surface area contributed by atoms with Crippen LogP contribution in [0.25, 0.3) is 0 Å². The van der Waals surface area contributed by atoms with Gasteiger partial charge in [-0.3, -0.25) is 9.59 Å². The van der Waals surface area contributed by atoms with Crippen LogP contribution in [0.3, 0.4) is 0 Å². The molecule has 0 saturated carbocycles. The number of nitrogens with zero attached hydrogens (tertiary/aromatic N) is 1. The predicted molar refractivity (Wildman–Crippen MR) is 107 cm³/mol. The van der Waals surface area contributed by atoms with E-state index in [-0.39, 0.29) is 28.3 Å². The number of rotatable bonds is 4. The highest BCUT2D eigenvalue weighted by molar-refractivity contribution is 7.94. The van der Waals surface area contributed by atoms with Gasteiger partial charge in [-0.1, -0.05) is 12.1 Å². The molecule has 1 N–H and O–H groups in total. The molecule has 1 aliphatic rings. The Hall–Kier alpha value is -3.20. The maximum absolute atomic E-state index is 12.5. The Kier molecular flexibility index (Phi) is 5.18. The summed E-state index contributed by atoms with van der Waals surface area (Å²) < 4.78 is 30.2. The lowest BCUT2D eigenvalue weighted by atomic mass is 9.95. The average Bonchev–Trinajstić information content (AvgIpc) is 2.84. The van der Waals surface area contributed by atoms with Crippen molar-refractivity contribution in [3.05, 3.63) is 59.7 Å². The molecule has 8 nitrogen and oxygen atoms in total. The van der Waals surface area contributed by atoms with E-state index in [1.54, 1.807) is 32.0 Å². The van der Waals surface area contributed by atoms with Gasteiger partial charge in [0.25, 0.3) is 5.91 Å². The first-order chi connectivity index (χ1) is 13.6. The molecule has 2 aromatic rings. The number of hydrogen-bond donors (Lipinski definition) is 1. The second kappa shape index (κ2) is 7.32. The highest BCUT2D eigenvalue weighted by Gasteiger charge is 2.49. The third-order valence-electron chi connectivity index (χ3n) is 4.53. The Labute approximate surface area is 168 Å². The van der Waals surface area contributed by atoms with Crippen molar-refractivity contribution in [1.82, 2.24) is 0 Å². The summed E-state index contributed by atoms with van der Waals surface area (Å²) in [6.45, 7) is 3.15. The van der Waals surface area contributed by atoms with Gasteiger partial charge in [-0.25, -0.2) is 17.5 Å². The molecular weight excluding hydrogens is 396 g/mol. The van der Waals surface area contributed by atoms with E-state index in [4.69, 9.17) is 4.74 Å². The lowest BCUT2D eigenvalue weighted by Crippen LogP contribution is -2.32. The van der Waals surface area contributed by atoms with E-state index >= 15 is 0 Å². The van der Waals surface area contributed by atoms with Crippen molar-refractivity contribution < 1.29 is 27.5 Å². The Bertz CT molecular complexity index is 1090. The van der Waals surface area contributed by atoms with Gasteiger partial charge in [0.2, 0.25) is 15.9 Å². The minimum Gasteiger partial charge on any atom is -0.465 e. The molecule has 1 aliphatic heterocycles. The molecule has 0 aliphatic carbocycles. The summed E-state index contributed by atoms with van der Waals surface area (Å²) in [4.78, 5) is 36.8. The summed E-state index contributed by atoms with van der Waals surface area (Å²) in [5.41, 5.74) is -0.112. The molecule has 2 amide bonds. The van der Waals surface area contributed by atoms with Crippen molar-refractivity contribution in [3.63, 3.8) is 0 Å². The number of para-hydroxylation sites is 1. The van der Waals surface area contributed by atoms with E-state index in [1.165, 1.54) is 37.4 Å². The van der Waals surface area contributed by atoms with Crippen molar-refractivity contribution >= 4 is 39.2 Å². The SMILES string of the molecule is COC(=O)c1ccccc1NC(=O)c1ccc(N2C(=O)C(C)(C)CS2(=O)=O)cc1. The number of sulfonamides is 1. The fourth-order valence-corrected chi connectivity index (χ4v) is 5.19. The van der Waals surface area contributed by atoms with Crippen molar-refractivity contribution in [2.75, 3.05) is 22.5 Å². The standard InChI is InChI=1S/C20H20N2O6S/c1-20(2)12-29(26,27)22(19(20)25)14-10-8-13(9-11-14)17(23)21-16-7-5-4-6-15(16)18(24)28-3/h4-11H,12H2,1-3H3,(H,21,23). The normalized spacial score (nSPS) is 17.1. The van der Waals surface area contributed by atoms with Gasteiger partial charge in [0.15, 0.2) is 0 Å². The summed E-state index contributed by atoms with van der Waals surface area (Å²) >= 11 is 0. The van der Waals surface area contributed by atoms with Gasteiger partial charge < -0.3 is 10.1 Å². The Morgan fingerprint density at radius 3 is 2.24 bits per heavy atom. The molecule has 2 aromatic carbocycles. The van der Waals surface area contributed by atoms with E-state index < -0.39 is 33.2 Å². The summed E-state index contributed by atoms with van der Waals surface area (Å²) in [7, 11) is -2.52. The highest BCUT2D eigenvalue weighted by Crippen LogP contribution is 2.35. The Balaban J connectivity index is 1.84. The van der Waals surface area contributed by atoms with Gasteiger partial charge >= 0.3 is 5.97 Å². The van der Waals surface area contributed by atoms with Gasteiger partial charge in [0, 0.05) is 5.56 Å². The zero-order valence-corrected chi connectivity index (χ0v) is 16.9. The van der Waals surface area contributed by atoms with Crippen LogP contribution < -0.4 is 9.62 Å². The summed E-state index contributed by atoms with van der Waals surface area (Å²) in [5, 5.41) is 2.63. The van der Waals surface area contributed by atoms with Crippen LogP contribution >= 0.6 is 0 Å². The van der Waals surface area contributed by atoms with Crippen LogP contribution in [0.1, 0.15) is 34.6 Å². The maximum Gasteiger partial charge on any atom is 0.339 e. The lowest BCUT2D eigenvalue weighted by molar-refractivity contribution is -0.123. The molecule has 0 radical (unpaired) electrons. The number of methoxy groups -OCH3 is 1. The van der Waals surface area contributed by atoms with E-state index in [0.29, 0.717) is 0 Å². The van der Waals surface area contributed by atoms with Crippen LogP contribution in [-0.2, 0) is 19.6 Å². The van der Waals surface area contributed by atoms with Crippen molar-refractivity contribution in [2.24, 2.45) is 5.41 Å². The molecule has 152 valence electrons. The third-order valence-corrected chi connectivity index (χ3v) is 6.55. The number of benzene rings is 2. The average molecular weight is 416 g/mol. The second-order valence-electron chi connectivity index (χ2n) is 7.25. The fraction of sp³-hybridized carbons (Fsp3) is 0.250. The van der Waals surface area contributed by atoms with Crippen LogP contribution in [0, 0.1) is 5.41 Å². The minimum absolute atomic E-state index is 0.173. The molecule has 1 fully saturated rings. The van der Waals surface area contributed by atoms with Crippen molar-refractivity contribution in [3.8, 4) is 0 Å². The summed E-state index contributed by atoms with van der Waals surface area (Å²) in [6.07, 6.45) is 0. The quantitative estimate of drug-likeness (QED) is 0.767. The number of amides is 2. The monoisotopic (exact) mass is 416 g/mol. The van der Waals surface area contributed by atoms with E-state index in [2.05, 4.69) is 5.32 Å². The molecule has 1 saturated heterocycles. The van der Waals surface area contributed by atoms with Crippen molar-refractivity contribution in [2.45, 2.75) is 13.8 Å². The number of ether oxygens (including phenoxy) is 1. The molecule has 3 rings (SSSR count). The number of hydrogen-bond acceptors (Lipinski definition) is 6. The summed E-state index contributed by atoms with van der Waals surface area (Å²) in [5.74, 6) is -1.87. The van der Waals surface area contributed by atoms with E-state index in [1.807, 2.05) is 0 Å². The smallest absolute Gasteiger partial charge is 0.339 e. The van der Waals surface area contributed by atoms with Gasteiger partial charge in [0.05, 0.1) is 35.2 Å². The largest absolute Gasteiger partial charge is 0.465 e. The van der Waals surface area contributed by atoms with Gasteiger partial charge in [0.1, 0.15) is 0 Å². The number of nitrogens with one attached hydrogen (secondary N) is 1. The minimum atomic E-state index is -3.76. The van der Waals surface area contributed by atoms with Crippen LogP contribution in [0.4, 0.5) is 11.4 Å². The molecule has 9 heteroatoms. The first-order valence-electron chi connectivity index (χ1n) is 8.73. The maximum atomic E-state index is 12.5. The summed E-state index contributed by atoms with van der Waals surface area (Å²) in [6, 6.07) is 12.0. The van der Waals surface area contributed by atoms with Crippen LogP contribution in [-0.4, -0.2) is 39.1 Å².